The van der Waals surface area contributed by atoms with Crippen molar-refractivity contribution in [1.82, 2.24) is 5.43 Å². The Labute approximate surface area is 165 Å². The number of furan rings is 1. The number of carbonyl (C=O) groups is 2. The molecule has 3 rings (SSSR count). The molecule has 1 heterocycles. The van der Waals surface area contributed by atoms with Crippen LogP contribution in [0.5, 0.6) is 5.75 Å². The van der Waals surface area contributed by atoms with Gasteiger partial charge in [0.15, 0.2) is 0 Å². The standard InChI is InChI=1S/C20H15ClN2O5/c1-27-14-5-2-12(3-6-14)19(24)23-22-11-15-7-9-18(28-15)16-10-13(20(25)26)4-8-17(16)21/h2-11H,1H3,(H,23,24)(H,25,26)/b22-11-. The lowest BCUT2D eigenvalue weighted by molar-refractivity contribution is 0.0696. The molecule has 1 amide bonds. The van der Waals surface area contributed by atoms with Crippen LogP contribution in [0.4, 0.5) is 0 Å². The van der Waals surface area contributed by atoms with Crippen LogP contribution in [0, 0.1) is 0 Å². The third kappa shape index (κ3) is 4.39. The number of benzene rings is 2. The van der Waals surface area contributed by atoms with Crippen LogP contribution >= 0.6 is 11.6 Å². The van der Waals surface area contributed by atoms with Crippen molar-refractivity contribution in [1.29, 1.82) is 0 Å². The molecule has 0 spiro atoms. The van der Waals surface area contributed by atoms with Gasteiger partial charge in [0.1, 0.15) is 17.3 Å². The number of hydrazone groups is 1. The predicted octanol–water partition coefficient (Wildman–Crippen LogP) is 4.07. The highest BCUT2D eigenvalue weighted by Gasteiger charge is 2.12. The lowest BCUT2D eigenvalue weighted by atomic mass is 10.1. The predicted molar refractivity (Wildman–Crippen MR) is 104 cm³/mol. The molecule has 1 aromatic heterocycles. The summed E-state index contributed by atoms with van der Waals surface area (Å²) in [6.45, 7) is 0. The van der Waals surface area contributed by atoms with E-state index in [1.165, 1.54) is 24.4 Å². The number of ether oxygens (including phenoxy) is 1. The van der Waals surface area contributed by atoms with Crippen molar-refractivity contribution in [3.8, 4) is 17.1 Å². The molecule has 0 aliphatic heterocycles. The maximum absolute atomic E-state index is 12.0. The van der Waals surface area contributed by atoms with E-state index in [9.17, 15) is 9.59 Å². The van der Waals surface area contributed by atoms with Gasteiger partial charge in [-0.15, -0.1) is 0 Å². The summed E-state index contributed by atoms with van der Waals surface area (Å²) in [7, 11) is 1.54. The molecule has 7 nitrogen and oxygen atoms in total. The van der Waals surface area contributed by atoms with Crippen molar-refractivity contribution < 1.29 is 23.8 Å². The maximum Gasteiger partial charge on any atom is 0.335 e. The number of carbonyl (C=O) groups excluding carboxylic acids is 1. The molecular weight excluding hydrogens is 384 g/mol. The third-order valence-corrected chi connectivity index (χ3v) is 4.15. The molecule has 0 aliphatic carbocycles. The van der Waals surface area contributed by atoms with E-state index >= 15 is 0 Å². The third-order valence-electron chi connectivity index (χ3n) is 3.82. The van der Waals surface area contributed by atoms with Crippen LogP contribution in [0.3, 0.4) is 0 Å². The summed E-state index contributed by atoms with van der Waals surface area (Å²) < 4.78 is 10.6. The smallest absolute Gasteiger partial charge is 0.335 e. The van der Waals surface area contributed by atoms with E-state index in [-0.39, 0.29) is 11.5 Å². The van der Waals surface area contributed by atoms with Crippen LogP contribution in [0.2, 0.25) is 5.02 Å². The summed E-state index contributed by atoms with van der Waals surface area (Å²) in [4.78, 5) is 23.2. The van der Waals surface area contributed by atoms with Gasteiger partial charge >= 0.3 is 5.97 Å². The molecule has 0 unspecified atom stereocenters. The van der Waals surface area contributed by atoms with Crippen LogP contribution in [0.25, 0.3) is 11.3 Å². The van der Waals surface area contributed by atoms with E-state index in [0.29, 0.717) is 33.4 Å². The number of methoxy groups -OCH3 is 1. The Morgan fingerprint density at radius 2 is 1.82 bits per heavy atom. The zero-order valence-corrected chi connectivity index (χ0v) is 15.4. The lowest BCUT2D eigenvalue weighted by Crippen LogP contribution is -2.17. The fourth-order valence-electron chi connectivity index (χ4n) is 2.38. The number of hydrogen-bond acceptors (Lipinski definition) is 5. The van der Waals surface area contributed by atoms with Gasteiger partial charge in [-0.2, -0.15) is 5.10 Å². The van der Waals surface area contributed by atoms with Crippen molar-refractivity contribution in [2.75, 3.05) is 7.11 Å². The molecule has 0 aliphatic rings. The molecule has 28 heavy (non-hydrogen) atoms. The summed E-state index contributed by atoms with van der Waals surface area (Å²) >= 11 is 6.13. The Morgan fingerprint density at radius 3 is 2.50 bits per heavy atom. The molecule has 0 fully saturated rings. The van der Waals surface area contributed by atoms with Gasteiger partial charge in [0.2, 0.25) is 0 Å². The zero-order valence-electron chi connectivity index (χ0n) is 14.7. The minimum Gasteiger partial charge on any atom is -0.497 e. The van der Waals surface area contributed by atoms with Gasteiger partial charge in [0, 0.05) is 11.1 Å². The number of carboxylic acid groups (broad SMARTS) is 1. The van der Waals surface area contributed by atoms with Gasteiger partial charge in [-0.25, -0.2) is 10.2 Å². The second-order valence-corrected chi connectivity index (χ2v) is 6.04. The Balaban J connectivity index is 1.69. The molecule has 2 aromatic carbocycles. The van der Waals surface area contributed by atoms with Gasteiger partial charge in [0.05, 0.1) is 23.9 Å². The van der Waals surface area contributed by atoms with Crippen LogP contribution in [0.1, 0.15) is 26.5 Å². The van der Waals surface area contributed by atoms with E-state index < -0.39 is 5.97 Å². The second-order valence-electron chi connectivity index (χ2n) is 5.63. The fourth-order valence-corrected chi connectivity index (χ4v) is 2.59. The number of hydrogen-bond donors (Lipinski definition) is 2. The van der Waals surface area contributed by atoms with Crippen molar-refractivity contribution in [2.24, 2.45) is 5.10 Å². The first-order chi connectivity index (χ1) is 13.5. The molecule has 2 N–H and O–H groups in total. The molecule has 0 saturated carbocycles. The first-order valence-electron chi connectivity index (χ1n) is 8.08. The van der Waals surface area contributed by atoms with Crippen LogP contribution < -0.4 is 10.2 Å². The minimum absolute atomic E-state index is 0.0952. The van der Waals surface area contributed by atoms with Gasteiger partial charge in [-0.3, -0.25) is 4.79 Å². The van der Waals surface area contributed by atoms with E-state index in [2.05, 4.69) is 10.5 Å². The van der Waals surface area contributed by atoms with Crippen LogP contribution in [-0.4, -0.2) is 30.3 Å². The largest absolute Gasteiger partial charge is 0.497 e. The normalized spacial score (nSPS) is 10.8. The highest BCUT2D eigenvalue weighted by molar-refractivity contribution is 6.33. The number of amides is 1. The number of rotatable bonds is 6. The van der Waals surface area contributed by atoms with E-state index in [1.54, 1.807) is 43.5 Å². The van der Waals surface area contributed by atoms with Gasteiger partial charge in [0.25, 0.3) is 5.91 Å². The molecule has 0 bridgehead atoms. The number of nitrogens with one attached hydrogen (secondary N) is 1. The molecule has 0 radical (unpaired) electrons. The number of aromatic carboxylic acids is 1. The summed E-state index contributed by atoms with van der Waals surface area (Å²) in [5.41, 5.74) is 3.36. The Kier molecular flexibility index (Phi) is 5.76. The molecular formula is C20H15ClN2O5. The van der Waals surface area contributed by atoms with Gasteiger partial charge < -0.3 is 14.3 Å². The maximum atomic E-state index is 12.0. The Hall–Kier alpha value is -3.58. The lowest BCUT2D eigenvalue weighted by Gasteiger charge is -2.02. The second kappa shape index (κ2) is 8.41. The minimum atomic E-state index is -1.06. The van der Waals surface area contributed by atoms with Crippen molar-refractivity contribution in [2.45, 2.75) is 0 Å². The number of halogens is 1. The average molecular weight is 399 g/mol. The molecule has 8 heteroatoms. The van der Waals surface area contributed by atoms with E-state index in [4.69, 9.17) is 25.9 Å². The van der Waals surface area contributed by atoms with Crippen molar-refractivity contribution >= 4 is 29.7 Å². The zero-order chi connectivity index (χ0) is 20.1. The highest BCUT2D eigenvalue weighted by Crippen LogP contribution is 2.30. The average Bonchev–Trinajstić information content (AvgIpc) is 3.16. The quantitative estimate of drug-likeness (QED) is 0.481. The molecule has 3 aromatic rings. The van der Waals surface area contributed by atoms with Crippen molar-refractivity contribution in [3.05, 3.63) is 76.5 Å². The Morgan fingerprint density at radius 1 is 1.11 bits per heavy atom. The monoisotopic (exact) mass is 398 g/mol. The van der Waals surface area contributed by atoms with Gasteiger partial charge in [-0.1, -0.05) is 11.6 Å². The fraction of sp³-hybridized carbons (Fsp3) is 0.0500. The number of carboxylic acids is 1. The highest BCUT2D eigenvalue weighted by atomic mass is 35.5. The molecule has 0 saturated heterocycles. The summed E-state index contributed by atoms with van der Waals surface area (Å²) in [6, 6.07) is 14.2. The number of nitrogens with zero attached hydrogens (tertiary/aromatic N) is 1. The van der Waals surface area contributed by atoms with Crippen LogP contribution in [-0.2, 0) is 0 Å². The first kappa shape index (κ1) is 19.2. The van der Waals surface area contributed by atoms with Crippen LogP contribution in [0.15, 0.2) is 64.1 Å². The summed E-state index contributed by atoms with van der Waals surface area (Å²) in [5.74, 6) is -0.0537. The topological polar surface area (TPSA) is 101 Å². The summed E-state index contributed by atoms with van der Waals surface area (Å²) in [6.07, 6.45) is 1.33. The van der Waals surface area contributed by atoms with E-state index in [1.807, 2.05) is 0 Å². The summed E-state index contributed by atoms with van der Waals surface area (Å²) in [5, 5.41) is 13.3. The van der Waals surface area contributed by atoms with E-state index in [0.717, 1.165) is 0 Å². The SMILES string of the molecule is COc1ccc(C(=O)N/N=C\c2ccc(-c3cc(C(=O)O)ccc3Cl)o2)cc1. The Bertz CT molecular complexity index is 1040. The van der Waals surface area contributed by atoms with Gasteiger partial charge in [-0.05, 0) is 54.6 Å². The first-order valence-corrected chi connectivity index (χ1v) is 8.46. The van der Waals surface area contributed by atoms with Crippen molar-refractivity contribution in [3.63, 3.8) is 0 Å². The molecule has 142 valence electrons. The molecule has 0 atom stereocenters.